The molecule has 0 N–H and O–H groups in total. The van der Waals surface area contributed by atoms with Crippen molar-refractivity contribution in [2.75, 3.05) is 19.7 Å². The highest BCUT2D eigenvalue weighted by molar-refractivity contribution is 7.09. The van der Waals surface area contributed by atoms with E-state index in [9.17, 15) is 0 Å². The molecule has 3 aromatic rings. The van der Waals surface area contributed by atoms with Gasteiger partial charge >= 0.3 is 0 Å². The van der Waals surface area contributed by atoms with Gasteiger partial charge in [0.25, 0.3) is 0 Å². The first-order valence-electron chi connectivity index (χ1n) is 7.62. The zero-order valence-corrected chi connectivity index (χ0v) is 13.4. The van der Waals surface area contributed by atoms with E-state index in [1.165, 1.54) is 0 Å². The van der Waals surface area contributed by atoms with Crippen LogP contribution in [-0.2, 0) is 11.3 Å². The number of nitrogens with zero attached hydrogens (tertiary/aromatic N) is 3. The van der Waals surface area contributed by atoms with Gasteiger partial charge in [0.15, 0.2) is 5.76 Å². The Morgan fingerprint density at radius 3 is 2.96 bits per heavy atom. The number of aromatic nitrogens is 2. The fourth-order valence-electron chi connectivity index (χ4n) is 2.70. The van der Waals surface area contributed by atoms with Gasteiger partial charge in [-0.2, -0.15) is 0 Å². The average Bonchev–Trinajstić information content (AvgIpc) is 3.28. The molecule has 1 atom stereocenters. The maximum atomic E-state index is 5.89. The first-order chi connectivity index (χ1) is 11.4. The summed E-state index contributed by atoms with van der Waals surface area (Å²) in [5, 5.41) is 3.02. The van der Waals surface area contributed by atoms with Crippen LogP contribution in [-0.4, -0.2) is 34.6 Å². The van der Waals surface area contributed by atoms with Gasteiger partial charge in [-0.3, -0.25) is 4.90 Å². The van der Waals surface area contributed by atoms with E-state index >= 15 is 0 Å². The summed E-state index contributed by atoms with van der Waals surface area (Å²) in [6.07, 6.45) is 3.67. The quantitative estimate of drug-likeness (QED) is 0.735. The third-order valence-electron chi connectivity index (χ3n) is 3.85. The van der Waals surface area contributed by atoms with Crippen molar-refractivity contribution in [3.8, 4) is 11.3 Å². The fraction of sp³-hybridized carbons (Fsp3) is 0.294. The molecule has 3 heterocycles. The van der Waals surface area contributed by atoms with E-state index in [0.717, 1.165) is 35.3 Å². The molecule has 23 heavy (non-hydrogen) atoms. The number of rotatable bonds is 4. The van der Waals surface area contributed by atoms with Gasteiger partial charge < -0.3 is 9.15 Å². The van der Waals surface area contributed by atoms with Crippen LogP contribution in [0.3, 0.4) is 0 Å². The molecule has 2 aromatic heterocycles. The number of ether oxygens (including phenoxy) is 1. The Bertz CT molecular complexity index is 742. The number of hydrogen-bond donors (Lipinski definition) is 0. The summed E-state index contributed by atoms with van der Waals surface area (Å²) >= 11 is 1.64. The van der Waals surface area contributed by atoms with Crippen molar-refractivity contribution in [2.45, 2.75) is 12.6 Å². The lowest BCUT2D eigenvalue weighted by atomic mass is 10.2. The number of hydrogen-bond acceptors (Lipinski definition) is 6. The third kappa shape index (κ3) is 3.34. The van der Waals surface area contributed by atoms with E-state index < -0.39 is 0 Å². The average molecular weight is 327 g/mol. The molecule has 5 nitrogen and oxygen atoms in total. The van der Waals surface area contributed by atoms with Crippen molar-refractivity contribution in [1.29, 1.82) is 0 Å². The smallest absolute Gasteiger partial charge is 0.209 e. The number of benzene rings is 1. The Kier molecular flexibility index (Phi) is 4.19. The van der Waals surface area contributed by atoms with E-state index in [0.29, 0.717) is 13.2 Å². The molecule has 0 radical (unpaired) electrons. The Balaban J connectivity index is 1.43. The van der Waals surface area contributed by atoms with E-state index in [4.69, 9.17) is 9.15 Å². The zero-order valence-electron chi connectivity index (χ0n) is 12.6. The topological polar surface area (TPSA) is 51.4 Å². The number of thiazole rings is 1. The summed E-state index contributed by atoms with van der Waals surface area (Å²) in [6.45, 7) is 3.09. The van der Waals surface area contributed by atoms with Gasteiger partial charge in [0, 0.05) is 30.2 Å². The van der Waals surface area contributed by atoms with E-state index in [1.807, 2.05) is 41.9 Å². The van der Waals surface area contributed by atoms with Crippen LogP contribution in [0.4, 0.5) is 0 Å². The van der Waals surface area contributed by atoms with Crippen LogP contribution in [0.2, 0.25) is 0 Å². The molecule has 1 saturated heterocycles. The van der Waals surface area contributed by atoms with Crippen molar-refractivity contribution in [3.63, 3.8) is 0 Å². The monoisotopic (exact) mass is 327 g/mol. The maximum Gasteiger partial charge on any atom is 0.209 e. The van der Waals surface area contributed by atoms with Gasteiger partial charge in [-0.15, -0.1) is 11.3 Å². The minimum absolute atomic E-state index is 0.0484. The molecule has 6 heteroatoms. The van der Waals surface area contributed by atoms with Crippen molar-refractivity contribution < 1.29 is 9.15 Å². The molecule has 0 amide bonds. The minimum Gasteiger partial charge on any atom is -0.439 e. The van der Waals surface area contributed by atoms with Crippen LogP contribution in [0.25, 0.3) is 11.3 Å². The van der Waals surface area contributed by atoms with E-state index in [-0.39, 0.29) is 6.10 Å². The van der Waals surface area contributed by atoms with E-state index in [2.05, 4.69) is 14.9 Å². The van der Waals surface area contributed by atoms with Crippen LogP contribution in [0.15, 0.2) is 52.5 Å². The number of oxazole rings is 1. The summed E-state index contributed by atoms with van der Waals surface area (Å²) < 4.78 is 11.7. The molecule has 0 spiro atoms. The van der Waals surface area contributed by atoms with Crippen LogP contribution >= 0.6 is 11.3 Å². The van der Waals surface area contributed by atoms with Crippen molar-refractivity contribution >= 4 is 11.3 Å². The molecule has 1 fully saturated rings. The van der Waals surface area contributed by atoms with Gasteiger partial charge in [0.2, 0.25) is 5.89 Å². The van der Waals surface area contributed by atoms with Gasteiger partial charge in [0.1, 0.15) is 11.1 Å². The molecule has 0 bridgehead atoms. The Morgan fingerprint density at radius 2 is 2.13 bits per heavy atom. The summed E-state index contributed by atoms with van der Waals surface area (Å²) in [4.78, 5) is 11.1. The molecular weight excluding hydrogens is 310 g/mol. The molecule has 4 rings (SSSR count). The molecule has 1 aromatic carbocycles. The summed E-state index contributed by atoms with van der Waals surface area (Å²) in [5.74, 6) is 1.55. The first-order valence-corrected chi connectivity index (χ1v) is 8.50. The summed E-state index contributed by atoms with van der Waals surface area (Å²) in [6, 6.07) is 10.0. The zero-order chi connectivity index (χ0) is 15.5. The highest BCUT2D eigenvalue weighted by Gasteiger charge is 2.24. The van der Waals surface area contributed by atoms with Gasteiger partial charge in [-0.05, 0) is 0 Å². The Morgan fingerprint density at radius 1 is 1.22 bits per heavy atom. The second-order valence-electron chi connectivity index (χ2n) is 5.45. The van der Waals surface area contributed by atoms with Gasteiger partial charge in [-0.25, -0.2) is 9.97 Å². The normalized spacial score (nSPS) is 19.0. The predicted octanol–water partition coefficient (Wildman–Crippen LogP) is 3.37. The molecule has 0 saturated carbocycles. The molecule has 1 unspecified atom stereocenters. The lowest BCUT2D eigenvalue weighted by molar-refractivity contribution is -0.0351. The standard InChI is InChI=1S/C17H17N3O2S/c1-2-4-13(5-3-1)14-10-19-16(22-14)12-20-7-8-21-15(11-20)17-18-6-9-23-17/h1-6,9-10,15H,7-8,11-12H2. The van der Waals surface area contributed by atoms with Crippen LogP contribution in [0.5, 0.6) is 0 Å². The van der Waals surface area contributed by atoms with Gasteiger partial charge in [-0.1, -0.05) is 30.3 Å². The molecular formula is C17H17N3O2S. The molecule has 0 aliphatic carbocycles. The Labute approximate surface area is 138 Å². The Hall–Kier alpha value is -2.02. The SMILES string of the molecule is c1ccc(-c2cnc(CN3CCOC(c4nccs4)C3)o2)cc1. The van der Waals surface area contributed by atoms with Crippen molar-refractivity contribution in [1.82, 2.24) is 14.9 Å². The second kappa shape index (κ2) is 6.62. The molecule has 1 aliphatic rings. The third-order valence-corrected chi connectivity index (χ3v) is 4.72. The van der Waals surface area contributed by atoms with Crippen LogP contribution in [0.1, 0.15) is 17.0 Å². The first kappa shape index (κ1) is 14.6. The van der Waals surface area contributed by atoms with Crippen molar-refractivity contribution in [3.05, 3.63) is 59.0 Å². The lowest BCUT2D eigenvalue weighted by Gasteiger charge is -2.30. The fourth-order valence-corrected chi connectivity index (χ4v) is 3.38. The lowest BCUT2D eigenvalue weighted by Crippen LogP contribution is -2.37. The maximum absolute atomic E-state index is 5.89. The van der Waals surface area contributed by atoms with Crippen molar-refractivity contribution in [2.24, 2.45) is 0 Å². The number of morpholine rings is 1. The van der Waals surface area contributed by atoms with Gasteiger partial charge in [0.05, 0.1) is 19.3 Å². The molecule has 118 valence electrons. The molecule has 1 aliphatic heterocycles. The second-order valence-corrected chi connectivity index (χ2v) is 6.38. The van der Waals surface area contributed by atoms with Crippen LogP contribution < -0.4 is 0 Å². The largest absolute Gasteiger partial charge is 0.439 e. The minimum atomic E-state index is 0.0484. The van der Waals surface area contributed by atoms with Crippen LogP contribution in [0, 0.1) is 0 Å². The predicted molar refractivity (Wildman–Crippen MR) is 88.0 cm³/mol. The highest BCUT2D eigenvalue weighted by Crippen LogP contribution is 2.25. The van der Waals surface area contributed by atoms with E-state index in [1.54, 1.807) is 17.5 Å². The summed E-state index contributed by atoms with van der Waals surface area (Å²) in [5.41, 5.74) is 1.05. The highest BCUT2D eigenvalue weighted by atomic mass is 32.1. The summed E-state index contributed by atoms with van der Waals surface area (Å²) in [7, 11) is 0.